The molecule has 1 heteroatoms. The molecule has 0 aliphatic rings. The van der Waals surface area contributed by atoms with Crippen LogP contribution in [0.25, 0.3) is 23.1 Å². The Labute approximate surface area is 77.0 Å². The molecular weight excluding hydrogens is 160 g/mol. The van der Waals surface area contributed by atoms with Gasteiger partial charge >= 0.3 is 0 Å². The number of hydrogen-bond acceptors (Lipinski definition) is 1. The molecule has 1 nitrogen and oxygen atoms in total. The second-order valence-corrected chi connectivity index (χ2v) is 3.41. The van der Waals surface area contributed by atoms with Gasteiger partial charge in [-0.2, -0.15) is 0 Å². The summed E-state index contributed by atoms with van der Waals surface area (Å²) in [5, 5.41) is 2.11. The number of benzene rings is 1. The van der Waals surface area contributed by atoms with E-state index in [-0.39, 0.29) is 0 Å². The Morgan fingerprint density at radius 3 is 2.54 bits per heavy atom. The fourth-order valence-electron chi connectivity index (χ4n) is 1.50. The van der Waals surface area contributed by atoms with Crippen LogP contribution in [0.3, 0.4) is 0 Å². The molecule has 0 atom stereocenters. The van der Waals surface area contributed by atoms with E-state index >= 15 is 0 Å². The zero-order chi connectivity index (χ0) is 9.42. The summed E-state index contributed by atoms with van der Waals surface area (Å²) in [4.78, 5) is 0. The van der Waals surface area contributed by atoms with Crippen LogP contribution in [0.15, 0.2) is 28.7 Å². The van der Waals surface area contributed by atoms with Gasteiger partial charge in [0.25, 0.3) is 0 Å². The standard InChI is InChI=1S/C12H12O/c1-8(2)12-9(3)10-6-4-5-7-11(10)13-12/h4-7H,3H2,1-2H3. The molecule has 0 fully saturated rings. The van der Waals surface area contributed by atoms with Crippen molar-refractivity contribution < 1.29 is 4.42 Å². The molecule has 0 saturated carbocycles. The van der Waals surface area contributed by atoms with Gasteiger partial charge in [-0.05, 0) is 25.5 Å². The van der Waals surface area contributed by atoms with Gasteiger partial charge in [0.05, 0.1) is 0 Å². The zero-order valence-electron chi connectivity index (χ0n) is 7.92. The molecule has 1 aromatic carbocycles. The Bertz CT molecular complexity index is 542. The van der Waals surface area contributed by atoms with Crippen molar-refractivity contribution in [2.75, 3.05) is 0 Å². The number of furan rings is 1. The third-order valence-corrected chi connectivity index (χ3v) is 2.15. The summed E-state index contributed by atoms with van der Waals surface area (Å²) in [5.74, 6) is 0. The van der Waals surface area contributed by atoms with E-state index in [4.69, 9.17) is 4.42 Å². The maximum atomic E-state index is 5.66. The first-order valence-corrected chi connectivity index (χ1v) is 4.34. The van der Waals surface area contributed by atoms with Crippen LogP contribution in [-0.2, 0) is 0 Å². The topological polar surface area (TPSA) is 13.1 Å². The Morgan fingerprint density at radius 1 is 1.23 bits per heavy atom. The van der Waals surface area contributed by atoms with E-state index in [1.54, 1.807) is 0 Å². The predicted molar refractivity (Wildman–Crippen MR) is 55.7 cm³/mol. The summed E-state index contributed by atoms with van der Waals surface area (Å²) in [6.07, 6.45) is 0. The Kier molecular flexibility index (Phi) is 1.73. The summed E-state index contributed by atoms with van der Waals surface area (Å²) in [6.45, 7) is 8.08. The van der Waals surface area contributed by atoms with Crippen LogP contribution in [0.1, 0.15) is 13.8 Å². The third kappa shape index (κ3) is 1.17. The first kappa shape index (κ1) is 8.11. The molecule has 0 saturated heterocycles. The largest absolute Gasteiger partial charge is 0.456 e. The average molecular weight is 172 g/mol. The number of fused-ring (bicyclic) bond motifs is 1. The minimum absolute atomic E-state index is 0.918. The van der Waals surface area contributed by atoms with Crippen molar-refractivity contribution in [1.82, 2.24) is 0 Å². The molecule has 0 aliphatic carbocycles. The minimum Gasteiger partial charge on any atom is -0.456 e. The fourth-order valence-corrected chi connectivity index (χ4v) is 1.50. The van der Waals surface area contributed by atoms with Crippen molar-refractivity contribution in [2.45, 2.75) is 13.8 Å². The van der Waals surface area contributed by atoms with Crippen LogP contribution in [-0.4, -0.2) is 0 Å². The van der Waals surface area contributed by atoms with Gasteiger partial charge in [0.15, 0.2) is 0 Å². The second kappa shape index (κ2) is 2.77. The molecule has 2 aromatic rings. The van der Waals surface area contributed by atoms with Gasteiger partial charge in [0, 0.05) is 10.6 Å². The Balaban J connectivity index is 3.08. The Morgan fingerprint density at radius 2 is 1.92 bits per heavy atom. The maximum Gasteiger partial charge on any atom is 0.135 e. The van der Waals surface area contributed by atoms with Crippen LogP contribution in [0, 0.1) is 0 Å². The van der Waals surface area contributed by atoms with E-state index < -0.39 is 0 Å². The van der Waals surface area contributed by atoms with Gasteiger partial charge in [0.2, 0.25) is 0 Å². The molecule has 0 spiro atoms. The van der Waals surface area contributed by atoms with Crippen LogP contribution >= 0.6 is 0 Å². The third-order valence-electron chi connectivity index (χ3n) is 2.15. The molecule has 0 aliphatic heterocycles. The van der Waals surface area contributed by atoms with Crippen LogP contribution < -0.4 is 10.6 Å². The van der Waals surface area contributed by atoms with Crippen LogP contribution in [0.2, 0.25) is 0 Å². The second-order valence-electron chi connectivity index (χ2n) is 3.41. The lowest BCUT2D eigenvalue weighted by molar-refractivity contribution is 0.571. The van der Waals surface area contributed by atoms with Gasteiger partial charge in [0.1, 0.15) is 11.0 Å². The SMILES string of the molecule is C=c1c(=C(C)C)oc2ccccc12. The predicted octanol–water partition coefficient (Wildman–Crippen LogP) is 2.03. The summed E-state index contributed by atoms with van der Waals surface area (Å²) >= 11 is 0. The minimum atomic E-state index is 0.918. The number of para-hydroxylation sites is 1. The van der Waals surface area contributed by atoms with Gasteiger partial charge < -0.3 is 4.42 Å². The molecule has 1 aromatic heterocycles. The van der Waals surface area contributed by atoms with E-state index in [2.05, 4.69) is 6.58 Å². The lowest BCUT2D eigenvalue weighted by atomic mass is 10.2. The van der Waals surface area contributed by atoms with Crippen molar-refractivity contribution in [1.29, 1.82) is 0 Å². The van der Waals surface area contributed by atoms with Crippen molar-refractivity contribution in [3.63, 3.8) is 0 Å². The molecule has 0 bridgehead atoms. The van der Waals surface area contributed by atoms with E-state index in [9.17, 15) is 0 Å². The van der Waals surface area contributed by atoms with Gasteiger partial charge in [-0.25, -0.2) is 0 Å². The highest BCUT2D eigenvalue weighted by atomic mass is 16.3. The summed E-state index contributed by atoms with van der Waals surface area (Å²) in [7, 11) is 0. The van der Waals surface area contributed by atoms with Gasteiger partial charge in [-0.15, -0.1) is 0 Å². The van der Waals surface area contributed by atoms with Gasteiger partial charge in [-0.1, -0.05) is 24.8 Å². The van der Waals surface area contributed by atoms with E-state index in [1.165, 1.54) is 5.57 Å². The van der Waals surface area contributed by atoms with E-state index in [1.807, 2.05) is 38.1 Å². The molecule has 2 rings (SSSR count). The van der Waals surface area contributed by atoms with Crippen LogP contribution in [0.4, 0.5) is 0 Å². The number of rotatable bonds is 0. The fraction of sp³-hybridized carbons (Fsp3) is 0.167. The summed E-state index contributed by atoms with van der Waals surface area (Å²) < 4.78 is 5.66. The monoisotopic (exact) mass is 172 g/mol. The lowest BCUT2D eigenvalue weighted by Gasteiger charge is -1.82. The quantitative estimate of drug-likeness (QED) is 0.592. The van der Waals surface area contributed by atoms with E-state index in [0.29, 0.717) is 0 Å². The maximum absolute atomic E-state index is 5.66. The molecule has 0 radical (unpaired) electrons. The van der Waals surface area contributed by atoms with Crippen molar-refractivity contribution in [3.8, 4) is 0 Å². The molecule has 66 valence electrons. The first-order chi connectivity index (χ1) is 6.20. The van der Waals surface area contributed by atoms with Gasteiger partial charge in [-0.3, -0.25) is 0 Å². The first-order valence-electron chi connectivity index (χ1n) is 4.34. The molecule has 13 heavy (non-hydrogen) atoms. The molecule has 0 amide bonds. The zero-order valence-corrected chi connectivity index (χ0v) is 7.92. The molecule has 0 N–H and O–H groups in total. The highest BCUT2D eigenvalue weighted by molar-refractivity contribution is 5.78. The van der Waals surface area contributed by atoms with Crippen LogP contribution in [0.5, 0.6) is 0 Å². The summed E-state index contributed by atoms with van der Waals surface area (Å²) in [6, 6.07) is 7.98. The van der Waals surface area contributed by atoms with Crippen molar-refractivity contribution in [2.24, 2.45) is 0 Å². The average Bonchev–Trinajstić information content (AvgIpc) is 2.45. The van der Waals surface area contributed by atoms with Crippen molar-refractivity contribution in [3.05, 3.63) is 34.9 Å². The lowest BCUT2D eigenvalue weighted by Crippen LogP contribution is -2.19. The number of hydrogen-bond donors (Lipinski definition) is 0. The highest BCUT2D eigenvalue weighted by Crippen LogP contribution is 2.06. The summed E-state index contributed by atoms with van der Waals surface area (Å²) in [5.41, 5.74) is 3.01. The molecule has 1 heterocycles. The van der Waals surface area contributed by atoms with Crippen molar-refractivity contribution >= 4 is 23.1 Å². The normalized spacial score (nSPS) is 10.6. The smallest absolute Gasteiger partial charge is 0.135 e. The molecular formula is C12H12O. The molecule has 0 unspecified atom stereocenters. The highest BCUT2D eigenvalue weighted by Gasteiger charge is 1.99. The van der Waals surface area contributed by atoms with E-state index in [0.717, 1.165) is 21.6 Å². The Hall–Kier alpha value is -1.50.